The molecule has 190 valence electrons. The van der Waals surface area contributed by atoms with Crippen molar-refractivity contribution < 1.29 is 18.0 Å². The van der Waals surface area contributed by atoms with E-state index >= 15 is 0 Å². The minimum atomic E-state index is -4.18. The number of rotatable bonds is 7. The fraction of sp³-hybridized carbons (Fsp3) is 0.464. The SMILES string of the molecule is C/C=C(C)\C(=C/C=C(C)C)c1ccn2c(C(C)N3CCN(CC(F)(F)F)CC3)c(C)c(C=O)cc12. The third-order valence-corrected chi connectivity index (χ3v) is 6.91. The second-order valence-corrected chi connectivity index (χ2v) is 9.61. The van der Waals surface area contributed by atoms with Crippen LogP contribution in [0.4, 0.5) is 13.2 Å². The normalized spacial score (nSPS) is 17.6. The predicted octanol–water partition coefficient (Wildman–Crippen LogP) is 6.62. The zero-order chi connectivity index (χ0) is 25.9. The van der Waals surface area contributed by atoms with E-state index in [4.69, 9.17) is 0 Å². The Morgan fingerprint density at radius 3 is 2.31 bits per heavy atom. The van der Waals surface area contributed by atoms with Gasteiger partial charge in [-0.05, 0) is 70.4 Å². The lowest BCUT2D eigenvalue weighted by atomic mass is 9.96. The molecule has 0 N–H and O–H groups in total. The first-order valence-corrected chi connectivity index (χ1v) is 12.1. The molecule has 0 radical (unpaired) electrons. The number of hydrogen-bond donors (Lipinski definition) is 0. The fourth-order valence-electron chi connectivity index (χ4n) is 4.83. The van der Waals surface area contributed by atoms with E-state index in [0.29, 0.717) is 31.7 Å². The van der Waals surface area contributed by atoms with E-state index in [0.717, 1.165) is 39.8 Å². The molecular weight excluding hydrogens is 451 g/mol. The summed E-state index contributed by atoms with van der Waals surface area (Å²) < 4.78 is 40.6. The van der Waals surface area contributed by atoms with Crippen LogP contribution in [0.1, 0.15) is 67.8 Å². The first kappa shape index (κ1) is 27.0. The zero-order valence-corrected chi connectivity index (χ0v) is 21.5. The Kier molecular flexibility index (Phi) is 8.44. The minimum absolute atomic E-state index is 0.0567. The molecular formula is C28H36F3N3O. The van der Waals surface area contributed by atoms with Crippen molar-refractivity contribution in [2.45, 2.75) is 53.8 Å². The van der Waals surface area contributed by atoms with Gasteiger partial charge in [-0.3, -0.25) is 14.6 Å². The Morgan fingerprint density at radius 1 is 1.11 bits per heavy atom. The highest BCUT2D eigenvalue weighted by molar-refractivity contribution is 5.90. The molecule has 1 unspecified atom stereocenters. The Morgan fingerprint density at radius 2 is 1.77 bits per heavy atom. The number of pyridine rings is 1. The van der Waals surface area contributed by atoms with Gasteiger partial charge < -0.3 is 4.40 Å². The molecule has 3 heterocycles. The third kappa shape index (κ3) is 6.14. The standard InChI is InChI=1S/C28H36F3N3O/c1-7-20(4)24(9-8-19(2)3)25-10-11-34-26(25)16-23(17-35)21(5)27(34)22(6)33-14-12-32(13-15-33)18-28(29,30)31/h7-11,16-17,22H,12-15,18H2,1-6H3/b20-7-,24-9+. The van der Waals surface area contributed by atoms with Crippen LogP contribution in [-0.4, -0.2) is 59.4 Å². The minimum Gasteiger partial charge on any atom is -0.318 e. The average molecular weight is 488 g/mol. The number of allylic oxidation sites excluding steroid dienone is 6. The Bertz CT molecular complexity index is 1160. The van der Waals surface area contributed by atoms with Crippen LogP contribution in [0.5, 0.6) is 0 Å². The molecule has 35 heavy (non-hydrogen) atoms. The van der Waals surface area contributed by atoms with Gasteiger partial charge in [-0.25, -0.2) is 0 Å². The van der Waals surface area contributed by atoms with Gasteiger partial charge in [-0.15, -0.1) is 0 Å². The van der Waals surface area contributed by atoms with Gasteiger partial charge in [0.25, 0.3) is 0 Å². The molecule has 1 aliphatic rings. The number of carbonyl (C=O) groups excluding carboxylic acids is 1. The Balaban J connectivity index is 2.05. The van der Waals surface area contributed by atoms with E-state index in [1.807, 2.05) is 26.1 Å². The number of nitrogens with zero attached hydrogens (tertiary/aromatic N) is 3. The highest BCUT2D eigenvalue weighted by atomic mass is 19.4. The van der Waals surface area contributed by atoms with Crippen molar-refractivity contribution in [1.29, 1.82) is 0 Å². The van der Waals surface area contributed by atoms with Gasteiger partial charge in [0.15, 0.2) is 0 Å². The molecule has 0 amide bonds. The maximum Gasteiger partial charge on any atom is 0.401 e. The molecule has 0 bridgehead atoms. The van der Waals surface area contributed by atoms with Gasteiger partial charge in [-0.2, -0.15) is 13.2 Å². The number of hydrogen-bond acceptors (Lipinski definition) is 3. The largest absolute Gasteiger partial charge is 0.401 e. The molecule has 0 aliphatic carbocycles. The van der Waals surface area contributed by atoms with Crippen LogP contribution in [0.15, 0.2) is 47.7 Å². The summed E-state index contributed by atoms with van der Waals surface area (Å²) in [6.07, 6.45) is 5.03. The lowest BCUT2D eigenvalue weighted by Gasteiger charge is -2.39. The van der Waals surface area contributed by atoms with E-state index in [2.05, 4.69) is 61.3 Å². The number of aldehydes is 1. The number of halogens is 3. The monoisotopic (exact) mass is 487 g/mol. The first-order valence-electron chi connectivity index (χ1n) is 12.1. The Labute approximate surface area is 206 Å². The highest BCUT2D eigenvalue weighted by Crippen LogP contribution is 2.34. The smallest absolute Gasteiger partial charge is 0.318 e. The summed E-state index contributed by atoms with van der Waals surface area (Å²) >= 11 is 0. The van der Waals surface area contributed by atoms with Gasteiger partial charge in [-0.1, -0.05) is 23.8 Å². The van der Waals surface area contributed by atoms with Gasteiger partial charge in [0.05, 0.1) is 12.1 Å². The van der Waals surface area contributed by atoms with Crippen molar-refractivity contribution in [1.82, 2.24) is 14.2 Å². The predicted molar refractivity (Wildman–Crippen MR) is 137 cm³/mol. The van der Waals surface area contributed by atoms with E-state index < -0.39 is 12.7 Å². The average Bonchev–Trinajstić information content (AvgIpc) is 3.20. The van der Waals surface area contributed by atoms with E-state index in [-0.39, 0.29) is 6.04 Å². The maximum atomic E-state index is 12.8. The summed E-state index contributed by atoms with van der Waals surface area (Å²) in [7, 11) is 0. The second kappa shape index (κ2) is 11.0. The molecule has 3 rings (SSSR count). The van der Waals surface area contributed by atoms with Gasteiger partial charge in [0.2, 0.25) is 0 Å². The molecule has 0 spiro atoms. The number of aromatic nitrogens is 1. The van der Waals surface area contributed by atoms with Gasteiger partial charge in [0.1, 0.15) is 6.29 Å². The number of alkyl halides is 3. The highest BCUT2D eigenvalue weighted by Gasteiger charge is 2.33. The molecule has 0 saturated carbocycles. The summed E-state index contributed by atoms with van der Waals surface area (Å²) in [6.45, 7) is 13.2. The van der Waals surface area contributed by atoms with Crippen molar-refractivity contribution in [2.24, 2.45) is 0 Å². The second-order valence-electron chi connectivity index (χ2n) is 9.61. The molecule has 2 aromatic heterocycles. The quantitative estimate of drug-likeness (QED) is 0.325. The van der Waals surface area contributed by atoms with E-state index in [1.165, 1.54) is 10.5 Å². The number of piperazine rings is 1. The molecule has 4 nitrogen and oxygen atoms in total. The van der Waals surface area contributed by atoms with Gasteiger partial charge >= 0.3 is 6.18 Å². The van der Waals surface area contributed by atoms with Crippen LogP contribution in [0.2, 0.25) is 0 Å². The molecule has 7 heteroatoms. The van der Waals surface area contributed by atoms with Crippen LogP contribution in [0.25, 0.3) is 11.1 Å². The first-order chi connectivity index (χ1) is 16.5. The lowest BCUT2D eigenvalue weighted by molar-refractivity contribution is -0.149. The van der Waals surface area contributed by atoms with Crippen molar-refractivity contribution in [3.8, 4) is 0 Å². The molecule has 2 aromatic rings. The van der Waals surface area contributed by atoms with Crippen molar-refractivity contribution >= 4 is 17.4 Å². The summed E-state index contributed by atoms with van der Waals surface area (Å²) in [5.41, 5.74) is 7.95. The molecule has 1 saturated heterocycles. The maximum absolute atomic E-state index is 12.8. The van der Waals surface area contributed by atoms with Crippen LogP contribution in [0, 0.1) is 6.92 Å². The van der Waals surface area contributed by atoms with E-state index in [9.17, 15) is 18.0 Å². The summed E-state index contributed by atoms with van der Waals surface area (Å²) in [5, 5.41) is 0. The lowest BCUT2D eigenvalue weighted by Crippen LogP contribution is -2.49. The summed E-state index contributed by atoms with van der Waals surface area (Å²) in [4.78, 5) is 15.7. The van der Waals surface area contributed by atoms with Crippen LogP contribution in [-0.2, 0) is 0 Å². The van der Waals surface area contributed by atoms with Crippen molar-refractivity contribution in [3.05, 3.63) is 70.1 Å². The fourth-order valence-corrected chi connectivity index (χ4v) is 4.83. The molecule has 1 fully saturated rings. The van der Waals surface area contributed by atoms with Crippen LogP contribution >= 0.6 is 0 Å². The van der Waals surface area contributed by atoms with E-state index in [1.54, 1.807) is 0 Å². The van der Waals surface area contributed by atoms with Gasteiger partial charge in [0, 0.05) is 55.2 Å². The zero-order valence-electron chi connectivity index (χ0n) is 21.5. The van der Waals surface area contributed by atoms with Crippen LogP contribution < -0.4 is 0 Å². The third-order valence-electron chi connectivity index (χ3n) is 6.91. The molecule has 1 aliphatic heterocycles. The van der Waals surface area contributed by atoms with Crippen LogP contribution in [0.3, 0.4) is 0 Å². The number of carbonyl (C=O) groups is 1. The van der Waals surface area contributed by atoms with Crippen molar-refractivity contribution in [3.63, 3.8) is 0 Å². The summed E-state index contributed by atoms with van der Waals surface area (Å²) in [6, 6.07) is 3.96. The Hall–Kier alpha value is -2.64. The topological polar surface area (TPSA) is 28.0 Å². The molecule has 1 atom stereocenters. The van der Waals surface area contributed by atoms with Crippen molar-refractivity contribution in [2.75, 3.05) is 32.7 Å². The molecule has 0 aromatic carbocycles. The summed E-state index contributed by atoms with van der Waals surface area (Å²) in [5.74, 6) is 0. The number of fused-ring (bicyclic) bond motifs is 1.